The van der Waals surface area contributed by atoms with E-state index in [4.69, 9.17) is 4.74 Å². The molecule has 0 unspecified atom stereocenters. The molecular weight excluding hydrogens is 229 g/mol. The van der Waals surface area contributed by atoms with Gasteiger partial charge in [-0.1, -0.05) is 19.9 Å². The predicted molar refractivity (Wildman–Crippen MR) is 70.8 cm³/mol. The van der Waals surface area contributed by atoms with Crippen LogP contribution in [0.5, 0.6) is 0 Å². The van der Waals surface area contributed by atoms with E-state index in [-0.39, 0.29) is 5.82 Å². The first kappa shape index (κ1) is 13.5. The third-order valence-corrected chi connectivity index (χ3v) is 2.99. The van der Waals surface area contributed by atoms with Gasteiger partial charge in [0.05, 0.1) is 6.61 Å². The number of halogens is 1. The number of benzene rings is 1. The standard InChI is InChI=1S/C15H22FNO/c1-11(2)9-18-10-13-7-12(3-6-15(13)16)8-17-14-4-5-14/h3,6-7,11,14,17H,4-5,8-10H2,1-2H3. The van der Waals surface area contributed by atoms with E-state index in [1.54, 1.807) is 0 Å². The molecule has 0 atom stereocenters. The molecule has 100 valence electrons. The van der Waals surface area contributed by atoms with Gasteiger partial charge in [-0.3, -0.25) is 0 Å². The Morgan fingerprint density at radius 3 is 2.83 bits per heavy atom. The van der Waals surface area contributed by atoms with Crippen molar-refractivity contribution >= 4 is 0 Å². The highest BCUT2D eigenvalue weighted by molar-refractivity contribution is 5.24. The topological polar surface area (TPSA) is 21.3 Å². The van der Waals surface area contributed by atoms with Crippen LogP contribution in [0.25, 0.3) is 0 Å². The molecule has 1 aromatic carbocycles. The molecule has 1 aliphatic rings. The highest BCUT2D eigenvalue weighted by atomic mass is 19.1. The zero-order valence-corrected chi connectivity index (χ0v) is 11.2. The third-order valence-electron chi connectivity index (χ3n) is 2.99. The lowest BCUT2D eigenvalue weighted by atomic mass is 10.1. The first-order valence-corrected chi connectivity index (χ1v) is 6.73. The number of nitrogens with one attached hydrogen (secondary N) is 1. The van der Waals surface area contributed by atoms with Gasteiger partial charge in [-0.05, 0) is 36.5 Å². The summed E-state index contributed by atoms with van der Waals surface area (Å²) < 4.78 is 19.1. The average molecular weight is 251 g/mol. The second kappa shape index (κ2) is 6.30. The summed E-state index contributed by atoms with van der Waals surface area (Å²) in [5, 5.41) is 3.43. The predicted octanol–water partition coefficient (Wildman–Crippen LogP) is 3.25. The zero-order valence-electron chi connectivity index (χ0n) is 11.2. The lowest BCUT2D eigenvalue weighted by Crippen LogP contribution is -2.15. The van der Waals surface area contributed by atoms with E-state index in [1.165, 1.54) is 18.9 Å². The van der Waals surface area contributed by atoms with Crippen LogP contribution in [0.4, 0.5) is 4.39 Å². The summed E-state index contributed by atoms with van der Waals surface area (Å²) in [6, 6.07) is 5.97. The van der Waals surface area contributed by atoms with E-state index in [0.717, 1.165) is 12.1 Å². The highest BCUT2D eigenvalue weighted by Gasteiger charge is 2.20. The Kier molecular flexibility index (Phi) is 4.72. The Bertz CT molecular complexity index is 388. The van der Waals surface area contributed by atoms with E-state index in [2.05, 4.69) is 19.2 Å². The molecule has 0 bridgehead atoms. The molecule has 0 aromatic heterocycles. The highest BCUT2D eigenvalue weighted by Crippen LogP contribution is 2.20. The van der Waals surface area contributed by atoms with Gasteiger partial charge in [-0.2, -0.15) is 0 Å². The molecule has 1 fully saturated rings. The lowest BCUT2D eigenvalue weighted by molar-refractivity contribution is 0.0950. The minimum absolute atomic E-state index is 0.172. The third kappa shape index (κ3) is 4.39. The SMILES string of the molecule is CC(C)COCc1cc(CNC2CC2)ccc1F. The minimum Gasteiger partial charge on any atom is -0.376 e. The van der Waals surface area contributed by atoms with E-state index >= 15 is 0 Å². The Labute approximate surface area is 109 Å². The summed E-state index contributed by atoms with van der Waals surface area (Å²) in [5.41, 5.74) is 1.79. The first-order valence-electron chi connectivity index (χ1n) is 6.73. The Morgan fingerprint density at radius 1 is 1.39 bits per heavy atom. The first-order chi connectivity index (χ1) is 8.65. The van der Waals surface area contributed by atoms with Crippen molar-refractivity contribution in [1.29, 1.82) is 0 Å². The summed E-state index contributed by atoms with van der Waals surface area (Å²) in [7, 11) is 0. The minimum atomic E-state index is -0.172. The fraction of sp³-hybridized carbons (Fsp3) is 0.600. The van der Waals surface area contributed by atoms with Gasteiger partial charge in [0.25, 0.3) is 0 Å². The molecule has 18 heavy (non-hydrogen) atoms. The van der Waals surface area contributed by atoms with Crippen LogP contribution in [0, 0.1) is 11.7 Å². The van der Waals surface area contributed by atoms with Crippen LogP contribution in [0.15, 0.2) is 18.2 Å². The van der Waals surface area contributed by atoms with Crippen LogP contribution < -0.4 is 5.32 Å². The molecule has 0 spiro atoms. The van der Waals surface area contributed by atoms with Crippen molar-refractivity contribution in [3.63, 3.8) is 0 Å². The summed E-state index contributed by atoms with van der Waals surface area (Å²) in [5.74, 6) is 0.307. The van der Waals surface area contributed by atoms with Crippen molar-refractivity contribution in [3.05, 3.63) is 35.1 Å². The van der Waals surface area contributed by atoms with Crippen molar-refractivity contribution in [1.82, 2.24) is 5.32 Å². The van der Waals surface area contributed by atoms with E-state index in [9.17, 15) is 4.39 Å². The maximum absolute atomic E-state index is 13.6. The van der Waals surface area contributed by atoms with Crippen LogP contribution >= 0.6 is 0 Å². The van der Waals surface area contributed by atoms with Crippen molar-refractivity contribution in [2.75, 3.05) is 6.61 Å². The van der Waals surface area contributed by atoms with Crippen LogP contribution in [0.2, 0.25) is 0 Å². The Morgan fingerprint density at radius 2 is 2.17 bits per heavy atom. The normalized spacial score (nSPS) is 15.3. The molecule has 0 aliphatic heterocycles. The fourth-order valence-corrected chi connectivity index (χ4v) is 1.80. The second-order valence-electron chi connectivity index (χ2n) is 5.49. The number of ether oxygens (including phenoxy) is 1. The summed E-state index contributed by atoms with van der Waals surface area (Å²) >= 11 is 0. The maximum atomic E-state index is 13.6. The van der Waals surface area contributed by atoms with Gasteiger partial charge < -0.3 is 10.1 Å². The maximum Gasteiger partial charge on any atom is 0.128 e. The summed E-state index contributed by atoms with van der Waals surface area (Å²) in [4.78, 5) is 0. The summed E-state index contributed by atoms with van der Waals surface area (Å²) in [6.07, 6.45) is 2.54. The molecule has 1 N–H and O–H groups in total. The molecular formula is C15H22FNO. The van der Waals surface area contributed by atoms with Gasteiger partial charge in [0.2, 0.25) is 0 Å². The molecule has 0 saturated heterocycles. The quantitative estimate of drug-likeness (QED) is 0.803. The van der Waals surface area contributed by atoms with Gasteiger partial charge in [-0.25, -0.2) is 4.39 Å². The van der Waals surface area contributed by atoms with E-state index in [1.807, 2.05) is 12.1 Å². The van der Waals surface area contributed by atoms with Gasteiger partial charge in [0, 0.05) is 24.8 Å². The molecule has 1 aromatic rings. The van der Waals surface area contributed by atoms with Crippen LogP contribution in [-0.2, 0) is 17.9 Å². The van der Waals surface area contributed by atoms with Gasteiger partial charge >= 0.3 is 0 Å². The number of rotatable bonds is 7. The monoisotopic (exact) mass is 251 g/mol. The number of hydrogen-bond donors (Lipinski definition) is 1. The average Bonchev–Trinajstić information content (AvgIpc) is 3.13. The van der Waals surface area contributed by atoms with E-state index < -0.39 is 0 Å². The molecule has 1 saturated carbocycles. The smallest absolute Gasteiger partial charge is 0.128 e. The summed E-state index contributed by atoms with van der Waals surface area (Å²) in [6.45, 7) is 6.03. The van der Waals surface area contributed by atoms with Crippen molar-refractivity contribution < 1.29 is 9.13 Å². The molecule has 2 rings (SSSR count). The Balaban J connectivity index is 1.88. The molecule has 0 heterocycles. The zero-order chi connectivity index (χ0) is 13.0. The molecule has 2 nitrogen and oxygen atoms in total. The number of hydrogen-bond acceptors (Lipinski definition) is 2. The van der Waals surface area contributed by atoms with Gasteiger partial charge in [-0.15, -0.1) is 0 Å². The molecule has 3 heteroatoms. The Hall–Kier alpha value is -0.930. The van der Waals surface area contributed by atoms with Gasteiger partial charge in [0.1, 0.15) is 5.82 Å². The fourth-order valence-electron chi connectivity index (χ4n) is 1.80. The van der Waals surface area contributed by atoms with Crippen LogP contribution in [-0.4, -0.2) is 12.6 Å². The van der Waals surface area contributed by atoms with Crippen molar-refractivity contribution in [2.45, 2.75) is 45.9 Å². The van der Waals surface area contributed by atoms with Crippen LogP contribution in [0.3, 0.4) is 0 Å². The van der Waals surface area contributed by atoms with Crippen molar-refractivity contribution in [3.8, 4) is 0 Å². The van der Waals surface area contributed by atoms with E-state index in [0.29, 0.717) is 30.7 Å². The molecule has 0 amide bonds. The second-order valence-corrected chi connectivity index (χ2v) is 5.49. The largest absolute Gasteiger partial charge is 0.376 e. The van der Waals surface area contributed by atoms with Crippen molar-refractivity contribution in [2.24, 2.45) is 5.92 Å². The van der Waals surface area contributed by atoms with Gasteiger partial charge in [0.15, 0.2) is 0 Å². The molecule has 0 radical (unpaired) electrons. The van der Waals surface area contributed by atoms with Crippen LogP contribution in [0.1, 0.15) is 37.8 Å². The molecule has 1 aliphatic carbocycles. The lowest BCUT2D eigenvalue weighted by Gasteiger charge is -2.10.